The lowest BCUT2D eigenvalue weighted by atomic mass is 10.1. The van der Waals surface area contributed by atoms with Crippen molar-refractivity contribution >= 4 is 52.1 Å². The number of benzene rings is 2. The van der Waals surface area contributed by atoms with Crippen molar-refractivity contribution in [3.8, 4) is 0 Å². The molecule has 1 amide bonds. The number of nitrogen functional groups attached to an aromatic ring is 1. The van der Waals surface area contributed by atoms with Crippen LogP contribution in [0.1, 0.15) is 15.9 Å². The Morgan fingerprint density at radius 2 is 1.75 bits per heavy atom. The molecule has 0 saturated heterocycles. The molecule has 0 radical (unpaired) electrons. The molecule has 0 unspecified atom stereocenters. The van der Waals surface area contributed by atoms with E-state index < -0.39 is 0 Å². The van der Waals surface area contributed by atoms with E-state index in [2.05, 4.69) is 5.32 Å². The van der Waals surface area contributed by atoms with Crippen LogP contribution in [0.15, 0.2) is 30.3 Å². The van der Waals surface area contributed by atoms with Crippen molar-refractivity contribution in [2.75, 3.05) is 11.1 Å². The molecule has 20 heavy (non-hydrogen) atoms. The van der Waals surface area contributed by atoms with Gasteiger partial charge in [0.1, 0.15) is 0 Å². The number of amides is 1. The summed E-state index contributed by atoms with van der Waals surface area (Å²) in [7, 11) is 0. The van der Waals surface area contributed by atoms with E-state index in [-0.39, 0.29) is 5.91 Å². The summed E-state index contributed by atoms with van der Waals surface area (Å²) in [5.74, 6) is -0.338. The average molecular weight is 330 g/mol. The van der Waals surface area contributed by atoms with Crippen LogP contribution in [0.2, 0.25) is 15.1 Å². The molecule has 0 aromatic heterocycles. The summed E-state index contributed by atoms with van der Waals surface area (Å²) >= 11 is 17.9. The minimum absolute atomic E-state index is 0.338. The summed E-state index contributed by atoms with van der Waals surface area (Å²) in [5.41, 5.74) is 7.68. The van der Waals surface area contributed by atoms with Gasteiger partial charge in [-0.1, -0.05) is 34.8 Å². The minimum atomic E-state index is -0.338. The highest BCUT2D eigenvalue weighted by Gasteiger charge is 2.11. The topological polar surface area (TPSA) is 55.1 Å². The zero-order valence-corrected chi connectivity index (χ0v) is 12.8. The first-order valence-electron chi connectivity index (χ1n) is 5.70. The lowest BCUT2D eigenvalue weighted by molar-refractivity contribution is 0.102. The van der Waals surface area contributed by atoms with E-state index in [0.29, 0.717) is 32.0 Å². The lowest BCUT2D eigenvalue weighted by Gasteiger charge is -2.10. The van der Waals surface area contributed by atoms with Crippen molar-refractivity contribution in [2.45, 2.75) is 6.92 Å². The quantitative estimate of drug-likeness (QED) is 0.778. The van der Waals surface area contributed by atoms with Gasteiger partial charge in [-0.05, 0) is 42.8 Å². The molecule has 0 atom stereocenters. The van der Waals surface area contributed by atoms with E-state index in [9.17, 15) is 4.79 Å². The molecular formula is C14H11Cl3N2O. The van der Waals surface area contributed by atoms with Crippen molar-refractivity contribution in [1.82, 2.24) is 0 Å². The van der Waals surface area contributed by atoms with E-state index in [4.69, 9.17) is 40.5 Å². The zero-order valence-electron chi connectivity index (χ0n) is 10.5. The number of anilines is 2. The third-order valence-electron chi connectivity index (χ3n) is 2.75. The Labute approximate surface area is 131 Å². The van der Waals surface area contributed by atoms with Crippen LogP contribution < -0.4 is 11.1 Å². The summed E-state index contributed by atoms with van der Waals surface area (Å²) in [4.78, 5) is 12.1. The second kappa shape index (κ2) is 5.92. The molecule has 0 aliphatic rings. The third kappa shape index (κ3) is 3.18. The molecule has 104 valence electrons. The molecule has 0 heterocycles. The second-order valence-electron chi connectivity index (χ2n) is 4.27. The molecule has 6 heteroatoms. The molecule has 0 saturated carbocycles. The smallest absolute Gasteiger partial charge is 0.255 e. The highest BCUT2D eigenvalue weighted by Crippen LogP contribution is 2.29. The van der Waals surface area contributed by atoms with E-state index >= 15 is 0 Å². The standard InChI is InChI=1S/C14H11Cl3N2O/c1-7-4-11(17)13(6-10(7)16)19-14(20)8-2-3-9(15)12(18)5-8/h2-6H,18H2,1H3,(H,19,20). The van der Waals surface area contributed by atoms with Gasteiger partial charge in [-0.25, -0.2) is 0 Å². The van der Waals surface area contributed by atoms with Gasteiger partial charge in [0.25, 0.3) is 5.91 Å². The maximum Gasteiger partial charge on any atom is 0.255 e. The van der Waals surface area contributed by atoms with Gasteiger partial charge in [0.05, 0.1) is 21.4 Å². The molecule has 2 aromatic carbocycles. The van der Waals surface area contributed by atoms with Gasteiger partial charge in [-0.3, -0.25) is 4.79 Å². The first-order chi connectivity index (χ1) is 9.38. The maximum atomic E-state index is 12.1. The molecular weight excluding hydrogens is 319 g/mol. The fourth-order valence-electron chi connectivity index (χ4n) is 1.62. The Balaban J connectivity index is 2.27. The van der Waals surface area contributed by atoms with E-state index in [1.54, 1.807) is 24.3 Å². The minimum Gasteiger partial charge on any atom is -0.398 e. The number of aryl methyl sites for hydroxylation is 1. The van der Waals surface area contributed by atoms with Crippen molar-refractivity contribution in [2.24, 2.45) is 0 Å². The van der Waals surface area contributed by atoms with Gasteiger partial charge in [0.2, 0.25) is 0 Å². The number of carbonyl (C=O) groups is 1. The summed E-state index contributed by atoms with van der Waals surface area (Å²) in [6.45, 7) is 1.83. The Morgan fingerprint density at radius 3 is 2.40 bits per heavy atom. The van der Waals surface area contributed by atoms with E-state index in [1.807, 2.05) is 6.92 Å². The van der Waals surface area contributed by atoms with E-state index in [0.717, 1.165) is 5.56 Å². The average Bonchev–Trinajstić information content (AvgIpc) is 2.39. The Hall–Kier alpha value is -1.42. The Bertz CT molecular complexity index is 686. The van der Waals surface area contributed by atoms with Gasteiger partial charge >= 0.3 is 0 Å². The molecule has 0 bridgehead atoms. The zero-order chi connectivity index (χ0) is 14.9. The number of halogens is 3. The van der Waals surface area contributed by atoms with Crippen molar-refractivity contribution in [3.63, 3.8) is 0 Å². The van der Waals surface area contributed by atoms with Gasteiger partial charge in [-0.2, -0.15) is 0 Å². The molecule has 2 aromatic rings. The van der Waals surface area contributed by atoms with Gasteiger partial charge < -0.3 is 11.1 Å². The third-order valence-corrected chi connectivity index (χ3v) is 3.82. The van der Waals surface area contributed by atoms with Crippen LogP contribution >= 0.6 is 34.8 Å². The van der Waals surface area contributed by atoms with Crippen LogP contribution in [0.4, 0.5) is 11.4 Å². The predicted octanol–water partition coefficient (Wildman–Crippen LogP) is 4.79. The fourth-order valence-corrected chi connectivity index (χ4v) is 2.17. The molecule has 3 nitrogen and oxygen atoms in total. The number of hydrogen-bond acceptors (Lipinski definition) is 2. The highest BCUT2D eigenvalue weighted by atomic mass is 35.5. The van der Waals surface area contributed by atoms with Gasteiger partial charge in [-0.15, -0.1) is 0 Å². The summed E-state index contributed by atoms with van der Waals surface area (Å²) in [6, 6.07) is 7.95. The molecule has 0 spiro atoms. The van der Waals surface area contributed by atoms with Gasteiger partial charge in [0.15, 0.2) is 0 Å². The Kier molecular flexibility index (Phi) is 4.43. The molecule has 0 aliphatic carbocycles. The molecule has 0 fully saturated rings. The normalized spacial score (nSPS) is 10.4. The summed E-state index contributed by atoms with van der Waals surface area (Å²) in [5, 5.41) is 4.03. The number of nitrogens with one attached hydrogen (secondary N) is 1. The summed E-state index contributed by atoms with van der Waals surface area (Å²) < 4.78 is 0. The first-order valence-corrected chi connectivity index (χ1v) is 6.84. The Morgan fingerprint density at radius 1 is 1.05 bits per heavy atom. The second-order valence-corrected chi connectivity index (χ2v) is 5.49. The first kappa shape index (κ1) is 15.0. The number of carbonyl (C=O) groups excluding carboxylic acids is 1. The lowest BCUT2D eigenvalue weighted by Crippen LogP contribution is -2.12. The molecule has 3 N–H and O–H groups in total. The van der Waals surface area contributed by atoms with Crippen LogP contribution in [0.5, 0.6) is 0 Å². The SMILES string of the molecule is Cc1cc(Cl)c(NC(=O)c2ccc(Cl)c(N)c2)cc1Cl. The van der Waals surface area contributed by atoms with Crippen LogP contribution in [0, 0.1) is 6.92 Å². The largest absolute Gasteiger partial charge is 0.398 e. The highest BCUT2D eigenvalue weighted by molar-refractivity contribution is 6.36. The monoisotopic (exact) mass is 328 g/mol. The van der Waals surface area contributed by atoms with Crippen LogP contribution in [-0.2, 0) is 0 Å². The molecule has 0 aliphatic heterocycles. The number of nitrogens with two attached hydrogens (primary N) is 1. The number of hydrogen-bond donors (Lipinski definition) is 2. The maximum absolute atomic E-state index is 12.1. The summed E-state index contributed by atoms with van der Waals surface area (Å²) in [6.07, 6.45) is 0. The molecule has 2 rings (SSSR count). The van der Waals surface area contributed by atoms with Crippen LogP contribution in [0.3, 0.4) is 0 Å². The van der Waals surface area contributed by atoms with E-state index in [1.165, 1.54) is 6.07 Å². The number of rotatable bonds is 2. The van der Waals surface area contributed by atoms with Gasteiger partial charge in [0, 0.05) is 10.6 Å². The predicted molar refractivity (Wildman–Crippen MR) is 85.0 cm³/mol. The van der Waals surface area contributed by atoms with Crippen molar-refractivity contribution in [1.29, 1.82) is 0 Å². The van der Waals surface area contributed by atoms with Crippen molar-refractivity contribution in [3.05, 3.63) is 56.5 Å². The van der Waals surface area contributed by atoms with Crippen LogP contribution in [0.25, 0.3) is 0 Å². The fraction of sp³-hybridized carbons (Fsp3) is 0.0714. The van der Waals surface area contributed by atoms with Crippen molar-refractivity contribution < 1.29 is 4.79 Å². The van der Waals surface area contributed by atoms with Crippen LogP contribution in [-0.4, -0.2) is 5.91 Å².